The van der Waals surface area contributed by atoms with Crippen molar-refractivity contribution in [1.82, 2.24) is 19.5 Å². The third kappa shape index (κ3) is 4.01. The summed E-state index contributed by atoms with van der Waals surface area (Å²) in [6.07, 6.45) is -0.405. The molecule has 0 aromatic carbocycles. The van der Waals surface area contributed by atoms with Crippen molar-refractivity contribution >= 4 is 33.7 Å². The molecule has 3 N–H and O–H groups in total. The second-order valence-corrected chi connectivity index (χ2v) is 20.4. The average Bonchev–Trinajstić information content (AvgIpc) is 3.28. The van der Waals surface area contributed by atoms with Crippen molar-refractivity contribution in [2.45, 2.75) is 109 Å². The van der Waals surface area contributed by atoms with Crippen molar-refractivity contribution in [3.05, 3.63) is 16.2 Å². The molecule has 0 aliphatic carbocycles. The molecule has 2 aliphatic heterocycles. The number of ether oxygens (including phenoxy) is 1. The molecule has 1 saturated heterocycles. The summed E-state index contributed by atoms with van der Waals surface area (Å²) in [4.78, 5) is 24.3. The molecule has 0 saturated carbocycles. The second kappa shape index (κ2) is 8.30. The van der Waals surface area contributed by atoms with Gasteiger partial charge < -0.3 is 19.3 Å². The summed E-state index contributed by atoms with van der Waals surface area (Å²) in [5.74, 6) is 0.782. The Bertz CT molecular complexity index is 1080. The predicted molar refractivity (Wildman–Crippen MR) is 134 cm³/mol. The van der Waals surface area contributed by atoms with Crippen molar-refractivity contribution in [2.24, 2.45) is 0 Å². The lowest BCUT2D eigenvalue weighted by molar-refractivity contribution is -0.103. The summed E-state index contributed by atoms with van der Waals surface area (Å²) in [5, 5.41) is 0.0817. The molecule has 2 bridgehead atoms. The van der Waals surface area contributed by atoms with Crippen LogP contribution in [0.1, 0.15) is 66.1 Å². The number of nitrogens with one attached hydrogen (secondary N) is 1. The van der Waals surface area contributed by atoms with Crippen molar-refractivity contribution in [3.8, 4) is 0 Å². The highest BCUT2D eigenvalue weighted by Crippen LogP contribution is 2.49. The third-order valence-corrected chi connectivity index (χ3v) is 17.2. The molecule has 2 aliphatic rings. The molecular weight excluding hydrogens is 454 g/mol. The zero-order valence-electron chi connectivity index (χ0n) is 21.2. The van der Waals surface area contributed by atoms with Crippen LogP contribution in [-0.2, 0) is 13.6 Å². The predicted octanol–water partition coefficient (Wildman–Crippen LogP) is 4.46. The molecule has 4 rings (SSSR count). The maximum absolute atomic E-state index is 12.6. The van der Waals surface area contributed by atoms with E-state index in [-0.39, 0.29) is 40.5 Å². The third-order valence-electron chi connectivity index (χ3n) is 8.11. The van der Waals surface area contributed by atoms with E-state index in [2.05, 4.69) is 64.6 Å². The highest BCUT2D eigenvalue weighted by molar-refractivity contribution is 6.74. The molecular formula is C22H39N5O4Si2. The van der Waals surface area contributed by atoms with Gasteiger partial charge in [-0.15, -0.1) is 0 Å². The highest BCUT2D eigenvalue weighted by Gasteiger charge is 2.54. The van der Waals surface area contributed by atoms with E-state index in [1.807, 2.05) is 4.57 Å². The standard InChI is InChI=1S/C22H39N5O4Si2/c1-9-33(10-2,11-3)31-17-16-13(30-32(7,8)22(4,5)6)12-14(29-16)27-18-15(24-19(17)27)20(28)26-21(23)25-18/h13-14,16-17H,9-12H2,1-8H3,(H3,23,25,26,28)/t13-,14+,16-,17+/m0/s1. The molecule has 11 heteroatoms. The number of aromatic nitrogens is 4. The van der Waals surface area contributed by atoms with Gasteiger partial charge in [0.1, 0.15) is 24.3 Å². The lowest BCUT2D eigenvalue weighted by Crippen LogP contribution is -2.49. The minimum absolute atomic E-state index is 0.0706. The Morgan fingerprint density at radius 2 is 1.79 bits per heavy atom. The molecule has 0 radical (unpaired) electrons. The molecule has 2 aromatic heterocycles. The van der Waals surface area contributed by atoms with Crippen LogP contribution in [0.5, 0.6) is 0 Å². The quantitative estimate of drug-likeness (QED) is 0.547. The summed E-state index contributed by atoms with van der Waals surface area (Å²) in [7, 11) is -4.06. The number of hydrogen-bond donors (Lipinski definition) is 2. The maximum atomic E-state index is 12.6. The molecule has 2 aromatic rings. The Labute approximate surface area is 197 Å². The monoisotopic (exact) mass is 493 g/mol. The minimum Gasteiger partial charge on any atom is -0.411 e. The van der Waals surface area contributed by atoms with Gasteiger partial charge in [-0.25, -0.2) is 4.98 Å². The van der Waals surface area contributed by atoms with Crippen LogP contribution in [0.15, 0.2) is 4.79 Å². The van der Waals surface area contributed by atoms with Crippen LogP contribution < -0.4 is 11.3 Å². The van der Waals surface area contributed by atoms with Gasteiger partial charge in [-0.1, -0.05) is 41.5 Å². The number of aromatic amines is 1. The Morgan fingerprint density at radius 3 is 2.36 bits per heavy atom. The van der Waals surface area contributed by atoms with Crippen LogP contribution >= 0.6 is 0 Å². The van der Waals surface area contributed by atoms with Crippen LogP contribution in [0.4, 0.5) is 5.95 Å². The second-order valence-electron chi connectivity index (χ2n) is 11.0. The van der Waals surface area contributed by atoms with E-state index in [4.69, 9.17) is 24.3 Å². The molecule has 0 spiro atoms. The molecule has 0 unspecified atom stereocenters. The first-order valence-corrected chi connectivity index (χ1v) is 17.6. The first-order valence-electron chi connectivity index (χ1n) is 12.1. The van der Waals surface area contributed by atoms with Crippen LogP contribution in [0.3, 0.4) is 0 Å². The number of fused-ring (bicyclic) bond motifs is 6. The summed E-state index contributed by atoms with van der Waals surface area (Å²) in [5.41, 5.74) is 6.27. The number of nitrogens with zero attached hydrogens (tertiary/aromatic N) is 3. The number of H-pyrrole nitrogens is 1. The fourth-order valence-corrected chi connectivity index (χ4v) is 8.92. The Hall–Kier alpha value is -1.54. The van der Waals surface area contributed by atoms with Crippen molar-refractivity contribution in [2.75, 3.05) is 5.73 Å². The van der Waals surface area contributed by atoms with E-state index in [0.29, 0.717) is 17.9 Å². The van der Waals surface area contributed by atoms with Crippen molar-refractivity contribution < 1.29 is 13.6 Å². The van der Waals surface area contributed by atoms with Crippen LogP contribution in [0.25, 0.3) is 11.2 Å². The molecule has 33 heavy (non-hydrogen) atoms. The topological polar surface area (TPSA) is 117 Å². The number of imidazole rings is 1. The molecule has 9 nitrogen and oxygen atoms in total. The zero-order valence-corrected chi connectivity index (χ0v) is 23.2. The smallest absolute Gasteiger partial charge is 0.280 e. The molecule has 1 fully saturated rings. The Kier molecular flexibility index (Phi) is 6.18. The lowest BCUT2D eigenvalue weighted by atomic mass is 10.1. The molecule has 4 heterocycles. The Morgan fingerprint density at radius 1 is 1.15 bits per heavy atom. The van der Waals surface area contributed by atoms with Crippen molar-refractivity contribution in [1.29, 1.82) is 0 Å². The van der Waals surface area contributed by atoms with Gasteiger partial charge in [0.2, 0.25) is 5.95 Å². The SMILES string of the molecule is CC[Si](CC)(CC)O[C@H]1c2nc3c(=O)[nH]c(N)nc3n2[C@H]2C[C@H](O[Si](C)(C)C(C)(C)C)[C@@H]1O2. The van der Waals surface area contributed by atoms with Gasteiger partial charge in [-0.05, 0) is 36.3 Å². The summed E-state index contributed by atoms with van der Waals surface area (Å²) in [6.45, 7) is 17.9. The van der Waals surface area contributed by atoms with Gasteiger partial charge in [0, 0.05) is 6.42 Å². The first kappa shape index (κ1) is 24.6. The summed E-state index contributed by atoms with van der Waals surface area (Å²) >= 11 is 0. The van der Waals surface area contributed by atoms with E-state index in [9.17, 15) is 4.79 Å². The normalized spacial score (nSPS) is 25.6. The number of nitrogens with two attached hydrogens (primary N) is 1. The van der Waals surface area contributed by atoms with Gasteiger partial charge >= 0.3 is 0 Å². The molecule has 4 atom stereocenters. The van der Waals surface area contributed by atoms with Crippen molar-refractivity contribution in [3.63, 3.8) is 0 Å². The van der Waals surface area contributed by atoms with E-state index in [1.54, 1.807) is 0 Å². The number of rotatable bonds is 7. The van der Waals surface area contributed by atoms with Gasteiger partial charge in [0.05, 0.1) is 6.10 Å². The summed E-state index contributed by atoms with van der Waals surface area (Å²) < 4.78 is 22.4. The fraction of sp³-hybridized carbons (Fsp3) is 0.773. The number of anilines is 1. The molecule has 184 valence electrons. The minimum atomic E-state index is -2.04. The lowest BCUT2D eigenvalue weighted by Gasteiger charge is -2.42. The zero-order chi connectivity index (χ0) is 24.3. The van der Waals surface area contributed by atoms with E-state index < -0.39 is 22.7 Å². The largest absolute Gasteiger partial charge is 0.411 e. The number of nitrogen functional groups attached to an aromatic ring is 1. The maximum Gasteiger partial charge on any atom is 0.280 e. The fourth-order valence-electron chi connectivity index (χ4n) is 4.80. The summed E-state index contributed by atoms with van der Waals surface area (Å²) in [6, 6.07) is 3.02. The first-order chi connectivity index (χ1) is 15.4. The Balaban J connectivity index is 1.83. The van der Waals surface area contributed by atoms with Gasteiger partial charge in [0.15, 0.2) is 27.8 Å². The van der Waals surface area contributed by atoms with Crippen LogP contribution in [0, 0.1) is 0 Å². The van der Waals surface area contributed by atoms with Crippen LogP contribution in [-0.4, -0.2) is 48.4 Å². The van der Waals surface area contributed by atoms with E-state index in [1.165, 1.54) is 0 Å². The number of hydrogen-bond acceptors (Lipinski definition) is 7. The average molecular weight is 494 g/mol. The van der Waals surface area contributed by atoms with Gasteiger partial charge in [-0.2, -0.15) is 4.98 Å². The van der Waals surface area contributed by atoms with E-state index >= 15 is 0 Å². The van der Waals surface area contributed by atoms with Crippen LogP contribution in [0.2, 0.25) is 36.3 Å². The van der Waals surface area contributed by atoms with Gasteiger partial charge in [-0.3, -0.25) is 14.3 Å². The van der Waals surface area contributed by atoms with E-state index in [0.717, 1.165) is 18.1 Å². The molecule has 0 amide bonds. The van der Waals surface area contributed by atoms with Gasteiger partial charge in [0.25, 0.3) is 5.56 Å². The highest BCUT2D eigenvalue weighted by atomic mass is 28.4.